The number of amidine groups is 1. The minimum absolute atomic E-state index is 0.0209. The van der Waals surface area contributed by atoms with E-state index in [-0.39, 0.29) is 29.8 Å². The number of fused-ring (bicyclic) bond motifs is 5. The molecule has 6 aliphatic rings. The zero-order valence-corrected chi connectivity index (χ0v) is 24.5. The molecule has 5 heterocycles. The number of carbonyl (C=O) groups excluding carboxylic acids is 2. The molecule has 9 nitrogen and oxygen atoms in total. The van der Waals surface area contributed by atoms with Crippen molar-refractivity contribution in [2.24, 2.45) is 20.9 Å². The Morgan fingerprint density at radius 1 is 1.13 bits per heavy atom. The van der Waals surface area contributed by atoms with Gasteiger partial charge in [0.25, 0.3) is 5.91 Å². The molecule has 0 aromatic carbocycles. The second-order valence-corrected chi connectivity index (χ2v) is 13.4. The summed E-state index contributed by atoms with van der Waals surface area (Å²) in [6, 6.07) is 1.09. The molecule has 6 rings (SSSR count). The van der Waals surface area contributed by atoms with Crippen LogP contribution in [0.15, 0.2) is 25.6 Å². The van der Waals surface area contributed by atoms with Crippen molar-refractivity contribution in [2.45, 2.75) is 95.3 Å². The molecule has 39 heavy (non-hydrogen) atoms. The molecule has 5 unspecified atom stereocenters. The first kappa shape index (κ1) is 27.0. The largest absolute Gasteiger partial charge is 0.359 e. The van der Waals surface area contributed by atoms with Crippen molar-refractivity contribution in [3.63, 3.8) is 0 Å². The van der Waals surface area contributed by atoms with E-state index in [1.165, 1.54) is 12.8 Å². The minimum Gasteiger partial charge on any atom is -0.359 e. The molecule has 5 aliphatic heterocycles. The van der Waals surface area contributed by atoms with Crippen molar-refractivity contribution in [3.8, 4) is 0 Å². The number of carbonyl (C=O) groups is 2. The summed E-state index contributed by atoms with van der Waals surface area (Å²) in [6.07, 6.45) is 8.91. The van der Waals surface area contributed by atoms with Crippen LogP contribution in [0, 0.1) is 5.92 Å². The van der Waals surface area contributed by atoms with Gasteiger partial charge in [0.2, 0.25) is 0 Å². The van der Waals surface area contributed by atoms with Crippen LogP contribution in [0.2, 0.25) is 0 Å². The summed E-state index contributed by atoms with van der Waals surface area (Å²) in [5.74, 6) is 0.617. The van der Waals surface area contributed by atoms with Gasteiger partial charge >= 0.3 is 0 Å². The highest BCUT2D eigenvalue weighted by Crippen LogP contribution is 2.52. The summed E-state index contributed by atoms with van der Waals surface area (Å²) in [4.78, 5) is 49.3. The molecule has 5 atom stereocenters. The smallest absolute Gasteiger partial charge is 0.257 e. The van der Waals surface area contributed by atoms with Crippen LogP contribution in [-0.2, 0) is 9.59 Å². The molecule has 1 saturated carbocycles. The Kier molecular flexibility index (Phi) is 7.86. The average Bonchev–Trinajstić information content (AvgIpc) is 3.13. The molecule has 1 N–H and O–H groups in total. The highest BCUT2D eigenvalue weighted by atomic mass is 32.2. The number of aliphatic imine (C=N–C) groups is 3. The number of hydrogen-bond acceptors (Lipinski definition) is 9. The first-order chi connectivity index (χ1) is 18.9. The molecular weight excluding hydrogens is 510 g/mol. The molecule has 0 aromatic rings. The highest BCUT2D eigenvalue weighted by Gasteiger charge is 2.53. The van der Waals surface area contributed by atoms with E-state index in [9.17, 15) is 9.59 Å². The van der Waals surface area contributed by atoms with Gasteiger partial charge in [-0.25, -0.2) is 4.99 Å². The number of thioether (sulfide) groups is 1. The quantitative estimate of drug-likeness (QED) is 0.539. The number of rotatable bonds is 4. The fraction of sp³-hybridized carbons (Fsp3) is 0.759. The zero-order valence-electron chi connectivity index (χ0n) is 23.6. The number of hydrogen-bond donors (Lipinski definition) is 1. The molecule has 2 saturated heterocycles. The van der Waals surface area contributed by atoms with Crippen LogP contribution in [0.1, 0.15) is 65.7 Å². The van der Waals surface area contributed by atoms with Gasteiger partial charge in [-0.3, -0.25) is 24.5 Å². The fourth-order valence-corrected chi connectivity index (χ4v) is 8.69. The number of ketones is 1. The maximum atomic E-state index is 14.0. The maximum absolute atomic E-state index is 14.0. The van der Waals surface area contributed by atoms with Crippen molar-refractivity contribution >= 4 is 41.2 Å². The molecule has 0 bridgehead atoms. The van der Waals surface area contributed by atoms with E-state index in [0.29, 0.717) is 36.0 Å². The first-order valence-corrected chi connectivity index (χ1v) is 15.9. The zero-order chi connectivity index (χ0) is 27.1. The Labute approximate surface area is 236 Å². The van der Waals surface area contributed by atoms with Crippen molar-refractivity contribution < 1.29 is 9.59 Å². The third-order valence-electron chi connectivity index (χ3n) is 9.24. The SMILES string of the molecule is CC1CN=C(CNC(=O)C2=C3SC4CCCCC4N3C3N=C(N4CCCN(C(C)C)CC4)CCC3C2=O)C=N1. The normalized spacial score (nSPS) is 33.3. The third kappa shape index (κ3) is 5.31. The fourth-order valence-electron chi connectivity index (χ4n) is 7.02. The lowest BCUT2D eigenvalue weighted by Crippen LogP contribution is -2.55. The Hall–Kier alpha value is -2.20. The summed E-state index contributed by atoms with van der Waals surface area (Å²) < 4.78 is 0. The van der Waals surface area contributed by atoms with Crippen LogP contribution in [0.5, 0.6) is 0 Å². The molecule has 0 radical (unpaired) electrons. The van der Waals surface area contributed by atoms with Gasteiger partial charge in [0, 0.05) is 56.1 Å². The van der Waals surface area contributed by atoms with E-state index < -0.39 is 0 Å². The average molecular weight is 554 g/mol. The molecule has 1 amide bonds. The Morgan fingerprint density at radius 3 is 2.77 bits per heavy atom. The number of Topliss-reactive ketones (excluding diaryl/α,β-unsaturated/α-hetero) is 1. The number of nitrogens with zero attached hydrogens (tertiary/aromatic N) is 6. The first-order valence-electron chi connectivity index (χ1n) is 15.0. The lowest BCUT2D eigenvalue weighted by molar-refractivity contribution is -0.127. The van der Waals surface area contributed by atoms with Crippen LogP contribution in [0.25, 0.3) is 0 Å². The van der Waals surface area contributed by atoms with Crippen LogP contribution in [0.3, 0.4) is 0 Å². The van der Waals surface area contributed by atoms with Crippen LogP contribution in [0.4, 0.5) is 0 Å². The van der Waals surface area contributed by atoms with Crippen LogP contribution >= 0.6 is 11.8 Å². The van der Waals surface area contributed by atoms with E-state index >= 15 is 0 Å². The second kappa shape index (κ2) is 11.4. The third-order valence-corrected chi connectivity index (χ3v) is 10.7. The van der Waals surface area contributed by atoms with E-state index in [0.717, 1.165) is 74.9 Å². The van der Waals surface area contributed by atoms with Crippen molar-refractivity contribution in [1.82, 2.24) is 20.0 Å². The minimum atomic E-state index is -0.268. The number of nitrogens with one attached hydrogen (secondary N) is 1. The van der Waals surface area contributed by atoms with Gasteiger partial charge in [0.15, 0.2) is 5.78 Å². The lowest BCUT2D eigenvalue weighted by Gasteiger charge is -2.45. The van der Waals surface area contributed by atoms with Gasteiger partial charge in [-0.2, -0.15) is 0 Å². The lowest BCUT2D eigenvalue weighted by atomic mass is 9.82. The second-order valence-electron chi connectivity index (χ2n) is 12.2. The van der Waals surface area contributed by atoms with Gasteiger partial charge in [-0.1, -0.05) is 12.8 Å². The van der Waals surface area contributed by atoms with E-state index in [1.807, 2.05) is 6.92 Å². The van der Waals surface area contributed by atoms with Crippen LogP contribution < -0.4 is 5.32 Å². The summed E-state index contributed by atoms with van der Waals surface area (Å²) in [7, 11) is 0. The summed E-state index contributed by atoms with van der Waals surface area (Å²) in [5.41, 5.74) is 1.12. The molecule has 10 heteroatoms. The predicted octanol–water partition coefficient (Wildman–Crippen LogP) is 2.72. The van der Waals surface area contributed by atoms with Crippen LogP contribution in [-0.4, -0.2) is 113 Å². The highest BCUT2D eigenvalue weighted by molar-refractivity contribution is 8.04. The number of amides is 1. The molecular formula is C29H43N7O2S. The summed E-state index contributed by atoms with van der Waals surface area (Å²) >= 11 is 1.76. The topological polar surface area (TPSA) is 93.0 Å². The van der Waals surface area contributed by atoms with Gasteiger partial charge in [-0.15, -0.1) is 11.8 Å². The van der Waals surface area contributed by atoms with E-state index in [1.54, 1.807) is 18.0 Å². The van der Waals surface area contributed by atoms with Gasteiger partial charge in [-0.05, 0) is 46.5 Å². The standard InChI is InChI=1S/C29H43N7O2S/c1-18(2)34-11-6-12-35(14-13-34)24-10-9-21-26(37)25(28(38)32-17-20-16-30-19(3)15-31-20)29-36(27(21)33-24)22-7-4-5-8-23(22)39-29/h16,18-19,21-23,27H,4-15,17H2,1-3H3,(H,32,38). The maximum Gasteiger partial charge on any atom is 0.257 e. The molecule has 212 valence electrons. The van der Waals surface area contributed by atoms with Crippen molar-refractivity contribution in [1.29, 1.82) is 0 Å². The Bertz CT molecular complexity index is 1110. The van der Waals surface area contributed by atoms with Gasteiger partial charge in [0.05, 0.1) is 35.8 Å². The Balaban J connectivity index is 1.27. The van der Waals surface area contributed by atoms with E-state index in [2.05, 4.69) is 43.8 Å². The van der Waals surface area contributed by atoms with Gasteiger partial charge < -0.3 is 15.1 Å². The summed E-state index contributed by atoms with van der Waals surface area (Å²) in [5, 5.41) is 4.31. The van der Waals surface area contributed by atoms with Crippen molar-refractivity contribution in [3.05, 3.63) is 10.6 Å². The van der Waals surface area contributed by atoms with Gasteiger partial charge in [0.1, 0.15) is 17.6 Å². The van der Waals surface area contributed by atoms with Crippen molar-refractivity contribution in [2.75, 3.05) is 39.3 Å². The summed E-state index contributed by atoms with van der Waals surface area (Å²) in [6.45, 7) is 11.7. The molecule has 0 aromatic heterocycles. The monoisotopic (exact) mass is 553 g/mol. The molecule has 0 spiro atoms. The van der Waals surface area contributed by atoms with E-state index in [4.69, 9.17) is 4.99 Å². The molecule has 1 aliphatic carbocycles. The molecule has 3 fully saturated rings. The Morgan fingerprint density at radius 2 is 1.97 bits per heavy atom. The predicted molar refractivity (Wildman–Crippen MR) is 158 cm³/mol.